The molecular formula is C18H30N2. The number of nitrogens with one attached hydrogen (secondary N) is 2. The molecule has 1 aromatic carbocycles. The van der Waals surface area contributed by atoms with Crippen molar-refractivity contribution in [1.29, 1.82) is 0 Å². The van der Waals surface area contributed by atoms with E-state index < -0.39 is 0 Å². The van der Waals surface area contributed by atoms with Gasteiger partial charge in [-0.3, -0.25) is 0 Å². The SMILES string of the molecule is CCCCCCCCNCCC1CNc2ccccc21. The van der Waals surface area contributed by atoms with Crippen LogP contribution in [0.2, 0.25) is 0 Å². The van der Waals surface area contributed by atoms with Crippen LogP contribution in [0.4, 0.5) is 5.69 Å². The van der Waals surface area contributed by atoms with Gasteiger partial charge in [-0.15, -0.1) is 0 Å². The molecule has 1 heterocycles. The Morgan fingerprint density at radius 2 is 1.85 bits per heavy atom. The molecule has 1 aromatic rings. The van der Waals surface area contributed by atoms with Gasteiger partial charge < -0.3 is 10.6 Å². The lowest BCUT2D eigenvalue weighted by molar-refractivity contribution is 0.548. The van der Waals surface area contributed by atoms with Gasteiger partial charge in [0.15, 0.2) is 0 Å². The molecule has 1 aliphatic heterocycles. The number of unbranched alkanes of at least 4 members (excludes halogenated alkanes) is 5. The lowest BCUT2D eigenvalue weighted by Crippen LogP contribution is -2.19. The maximum Gasteiger partial charge on any atom is 0.0376 e. The molecule has 0 fully saturated rings. The molecule has 0 aromatic heterocycles. The van der Waals surface area contributed by atoms with Gasteiger partial charge in [0.25, 0.3) is 0 Å². The van der Waals surface area contributed by atoms with Gasteiger partial charge in [-0.1, -0.05) is 57.2 Å². The summed E-state index contributed by atoms with van der Waals surface area (Å²) in [5.41, 5.74) is 2.85. The van der Waals surface area contributed by atoms with Crippen LogP contribution in [-0.4, -0.2) is 19.6 Å². The number of hydrogen-bond donors (Lipinski definition) is 2. The molecule has 0 saturated carbocycles. The average molecular weight is 274 g/mol. The molecule has 2 nitrogen and oxygen atoms in total. The number of anilines is 1. The first-order chi connectivity index (χ1) is 9.92. The highest BCUT2D eigenvalue weighted by Gasteiger charge is 2.20. The summed E-state index contributed by atoms with van der Waals surface area (Å²) in [4.78, 5) is 0. The molecule has 112 valence electrons. The Hall–Kier alpha value is -1.02. The molecule has 1 unspecified atom stereocenters. The Morgan fingerprint density at radius 1 is 1.05 bits per heavy atom. The lowest BCUT2D eigenvalue weighted by atomic mass is 9.98. The molecule has 2 N–H and O–H groups in total. The maximum absolute atomic E-state index is 3.61. The number of hydrogen-bond acceptors (Lipinski definition) is 2. The molecule has 2 heteroatoms. The lowest BCUT2D eigenvalue weighted by Gasteiger charge is -2.11. The summed E-state index contributed by atoms with van der Waals surface area (Å²) in [6.45, 7) is 5.72. The molecule has 0 amide bonds. The highest BCUT2D eigenvalue weighted by molar-refractivity contribution is 5.57. The van der Waals surface area contributed by atoms with Crippen molar-refractivity contribution in [2.75, 3.05) is 25.0 Å². The zero-order valence-corrected chi connectivity index (χ0v) is 13.0. The van der Waals surface area contributed by atoms with E-state index in [1.165, 1.54) is 62.7 Å². The van der Waals surface area contributed by atoms with Gasteiger partial charge in [0, 0.05) is 18.2 Å². The first-order valence-electron chi connectivity index (χ1n) is 8.45. The summed E-state index contributed by atoms with van der Waals surface area (Å²) in [6, 6.07) is 8.74. The molecule has 0 radical (unpaired) electrons. The maximum atomic E-state index is 3.61. The molecule has 20 heavy (non-hydrogen) atoms. The number of rotatable bonds is 10. The summed E-state index contributed by atoms with van der Waals surface area (Å²) in [7, 11) is 0. The minimum absolute atomic E-state index is 0.697. The number of fused-ring (bicyclic) bond motifs is 1. The molecule has 0 saturated heterocycles. The van der Waals surface area contributed by atoms with Crippen LogP contribution in [0.1, 0.15) is 63.4 Å². The predicted octanol–water partition coefficient (Wildman–Crippen LogP) is 4.54. The quantitative estimate of drug-likeness (QED) is 0.612. The number of benzene rings is 1. The third-order valence-corrected chi connectivity index (χ3v) is 4.32. The van der Waals surface area contributed by atoms with Gasteiger partial charge in [-0.2, -0.15) is 0 Å². The monoisotopic (exact) mass is 274 g/mol. The summed E-state index contributed by atoms with van der Waals surface area (Å²) < 4.78 is 0. The fraction of sp³-hybridized carbons (Fsp3) is 0.667. The highest BCUT2D eigenvalue weighted by Crippen LogP contribution is 2.32. The van der Waals surface area contributed by atoms with E-state index in [4.69, 9.17) is 0 Å². The average Bonchev–Trinajstić information content (AvgIpc) is 2.89. The highest BCUT2D eigenvalue weighted by atomic mass is 14.9. The van der Waals surface area contributed by atoms with Crippen LogP contribution in [0.15, 0.2) is 24.3 Å². The summed E-state index contributed by atoms with van der Waals surface area (Å²) in [6.07, 6.45) is 9.55. The van der Waals surface area contributed by atoms with E-state index in [9.17, 15) is 0 Å². The van der Waals surface area contributed by atoms with Gasteiger partial charge in [-0.05, 0) is 37.6 Å². The van der Waals surface area contributed by atoms with E-state index in [-0.39, 0.29) is 0 Å². The largest absolute Gasteiger partial charge is 0.384 e. The normalized spacial score (nSPS) is 16.9. The van der Waals surface area contributed by atoms with E-state index in [1.807, 2.05) is 0 Å². The summed E-state index contributed by atoms with van der Waals surface area (Å²) >= 11 is 0. The van der Waals surface area contributed by atoms with Crippen molar-refractivity contribution in [2.45, 2.75) is 57.8 Å². The summed E-state index contributed by atoms with van der Waals surface area (Å²) in [5.74, 6) is 0.697. The van der Waals surface area contributed by atoms with E-state index in [2.05, 4.69) is 41.8 Å². The van der Waals surface area contributed by atoms with Crippen LogP contribution in [0.5, 0.6) is 0 Å². The Kier molecular flexibility index (Phi) is 6.93. The molecular weight excluding hydrogens is 244 g/mol. The standard InChI is InChI=1S/C18H30N2/c1-2-3-4-5-6-9-13-19-14-12-16-15-20-18-11-8-7-10-17(16)18/h7-8,10-11,16,19-20H,2-6,9,12-15H2,1H3. The molecule has 2 rings (SSSR count). The zero-order valence-electron chi connectivity index (χ0n) is 13.0. The van der Waals surface area contributed by atoms with Crippen LogP contribution in [0.3, 0.4) is 0 Å². The van der Waals surface area contributed by atoms with E-state index in [0.29, 0.717) is 5.92 Å². The van der Waals surface area contributed by atoms with Crippen LogP contribution < -0.4 is 10.6 Å². The first kappa shape index (κ1) is 15.4. The van der Waals surface area contributed by atoms with Crippen LogP contribution in [-0.2, 0) is 0 Å². The van der Waals surface area contributed by atoms with Gasteiger partial charge in [0.1, 0.15) is 0 Å². The minimum atomic E-state index is 0.697. The fourth-order valence-electron chi connectivity index (χ4n) is 3.05. The van der Waals surface area contributed by atoms with Crippen LogP contribution >= 0.6 is 0 Å². The topological polar surface area (TPSA) is 24.1 Å². The van der Waals surface area contributed by atoms with E-state index in [1.54, 1.807) is 0 Å². The third kappa shape index (κ3) is 4.82. The van der Waals surface area contributed by atoms with E-state index in [0.717, 1.165) is 13.1 Å². The fourth-order valence-corrected chi connectivity index (χ4v) is 3.05. The minimum Gasteiger partial charge on any atom is -0.384 e. The van der Waals surface area contributed by atoms with Crippen molar-refractivity contribution in [3.05, 3.63) is 29.8 Å². The van der Waals surface area contributed by atoms with Gasteiger partial charge in [0.2, 0.25) is 0 Å². The Labute approximate surface area is 124 Å². The van der Waals surface area contributed by atoms with Crippen molar-refractivity contribution in [3.63, 3.8) is 0 Å². The van der Waals surface area contributed by atoms with Crippen molar-refractivity contribution >= 4 is 5.69 Å². The number of para-hydroxylation sites is 1. The van der Waals surface area contributed by atoms with Crippen molar-refractivity contribution in [1.82, 2.24) is 5.32 Å². The van der Waals surface area contributed by atoms with Crippen LogP contribution in [0.25, 0.3) is 0 Å². The van der Waals surface area contributed by atoms with Gasteiger partial charge in [-0.25, -0.2) is 0 Å². The second-order valence-electron chi connectivity index (χ2n) is 5.97. The molecule has 1 atom stereocenters. The molecule has 1 aliphatic rings. The Morgan fingerprint density at radius 3 is 2.75 bits per heavy atom. The first-order valence-corrected chi connectivity index (χ1v) is 8.45. The summed E-state index contributed by atoms with van der Waals surface area (Å²) in [5, 5.41) is 7.11. The third-order valence-electron chi connectivity index (χ3n) is 4.32. The van der Waals surface area contributed by atoms with Crippen molar-refractivity contribution in [3.8, 4) is 0 Å². The Balaban J connectivity index is 1.50. The van der Waals surface area contributed by atoms with E-state index >= 15 is 0 Å². The van der Waals surface area contributed by atoms with Crippen molar-refractivity contribution in [2.24, 2.45) is 0 Å². The Bertz CT molecular complexity index is 375. The smallest absolute Gasteiger partial charge is 0.0376 e. The second kappa shape index (κ2) is 9.02. The molecule has 0 spiro atoms. The zero-order chi connectivity index (χ0) is 14.0. The van der Waals surface area contributed by atoms with Crippen LogP contribution in [0, 0.1) is 0 Å². The molecule has 0 bridgehead atoms. The predicted molar refractivity (Wildman–Crippen MR) is 88.5 cm³/mol. The van der Waals surface area contributed by atoms with Gasteiger partial charge in [0.05, 0.1) is 0 Å². The van der Waals surface area contributed by atoms with Crippen molar-refractivity contribution < 1.29 is 0 Å². The second-order valence-corrected chi connectivity index (χ2v) is 5.97. The molecule has 0 aliphatic carbocycles. The van der Waals surface area contributed by atoms with Gasteiger partial charge >= 0.3 is 0 Å².